The van der Waals surface area contributed by atoms with Crippen LogP contribution in [0.4, 0.5) is 11.4 Å². The van der Waals surface area contributed by atoms with Crippen molar-refractivity contribution < 1.29 is 9.72 Å². The summed E-state index contributed by atoms with van der Waals surface area (Å²) in [6, 6.07) is 6.75. The zero-order chi connectivity index (χ0) is 16.7. The molecule has 23 heavy (non-hydrogen) atoms. The summed E-state index contributed by atoms with van der Waals surface area (Å²) in [5.41, 5.74) is 0.920. The lowest BCUT2D eigenvalue weighted by molar-refractivity contribution is -0.384. The van der Waals surface area contributed by atoms with Gasteiger partial charge in [-0.2, -0.15) is 0 Å². The van der Waals surface area contributed by atoms with Crippen LogP contribution >= 0.6 is 0 Å². The SMILES string of the molecule is CN(C(=O)CCCNc1ccc([N+](=O)[O-])cc1)C1CCCCC1. The fourth-order valence-electron chi connectivity index (χ4n) is 3.02. The third-order valence-electron chi connectivity index (χ3n) is 4.49. The number of non-ortho nitro benzene ring substituents is 1. The highest BCUT2D eigenvalue weighted by molar-refractivity contribution is 5.76. The summed E-state index contributed by atoms with van der Waals surface area (Å²) in [4.78, 5) is 24.3. The van der Waals surface area contributed by atoms with Crippen LogP contribution < -0.4 is 5.32 Å². The number of amides is 1. The molecule has 1 aromatic rings. The van der Waals surface area contributed by atoms with Crippen molar-refractivity contribution in [3.8, 4) is 0 Å². The summed E-state index contributed by atoms with van der Waals surface area (Å²) in [6.45, 7) is 0.683. The number of carbonyl (C=O) groups excluding carboxylic acids is 1. The largest absolute Gasteiger partial charge is 0.385 e. The highest BCUT2D eigenvalue weighted by atomic mass is 16.6. The van der Waals surface area contributed by atoms with Gasteiger partial charge in [-0.15, -0.1) is 0 Å². The molecule has 126 valence electrons. The number of rotatable bonds is 7. The van der Waals surface area contributed by atoms with E-state index in [9.17, 15) is 14.9 Å². The maximum absolute atomic E-state index is 12.2. The summed E-state index contributed by atoms with van der Waals surface area (Å²) in [5, 5.41) is 13.8. The predicted octanol–water partition coefficient (Wildman–Crippen LogP) is 3.58. The van der Waals surface area contributed by atoms with Crippen LogP contribution in [0.5, 0.6) is 0 Å². The van der Waals surface area contributed by atoms with Gasteiger partial charge in [-0.1, -0.05) is 19.3 Å². The molecule has 1 aliphatic carbocycles. The molecule has 6 nitrogen and oxygen atoms in total. The summed E-state index contributed by atoms with van der Waals surface area (Å²) in [7, 11) is 1.92. The van der Waals surface area contributed by atoms with Gasteiger partial charge in [0.1, 0.15) is 0 Å². The third kappa shape index (κ3) is 5.23. The van der Waals surface area contributed by atoms with Crippen molar-refractivity contribution in [3.05, 3.63) is 34.4 Å². The van der Waals surface area contributed by atoms with Gasteiger partial charge in [0, 0.05) is 43.9 Å². The fourth-order valence-corrected chi connectivity index (χ4v) is 3.02. The first kappa shape index (κ1) is 17.2. The lowest BCUT2D eigenvalue weighted by Gasteiger charge is -2.31. The number of hydrogen-bond acceptors (Lipinski definition) is 4. The molecule has 0 aliphatic heterocycles. The van der Waals surface area contributed by atoms with E-state index in [-0.39, 0.29) is 11.6 Å². The topological polar surface area (TPSA) is 75.5 Å². The molecule has 6 heteroatoms. The quantitative estimate of drug-likeness (QED) is 0.473. The number of nitro groups is 1. The van der Waals surface area contributed by atoms with E-state index in [1.807, 2.05) is 11.9 Å². The monoisotopic (exact) mass is 319 g/mol. The Morgan fingerprint density at radius 1 is 1.26 bits per heavy atom. The van der Waals surface area contributed by atoms with Crippen LogP contribution in [0.1, 0.15) is 44.9 Å². The Morgan fingerprint density at radius 2 is 1.91 bits per heavy atom. The van der Waals surface area contributed by atoms with Crippen LogP contribution in [-0.2, 0) is 4.79 Å². The molecule has 1 aliphatic rings. The minimum Gasteiger partial charge on any atom is -0.385 e. The smallest absolute Gasteiger partial charge is 0.269 e. The highest BCUT2D eigenvalue weighted by Crippen LogP contribution is 2.22. The van der Waals surface area contributed by atoms with Gasteiger partial charge in [-0.3, -0.25) is 14.9 Å². The average molecular weight is 319 g/mol. The molecule has 0 spiro atoms. The van der Waals surface area contributed by atoms with Gasteiger partial charge in [0.05, 0.1) is 4.92 Å². The van der Waals surface area contributed by atoms with Crippen molar-refractivity contribution in [2.75, 3.05) is 18.9 Å². The van der Waals surface area contributed by atoms with E-state index < -0.39 is 4.92 Å². The first-order valence-electron chi connectivity index (χ1n) is 8.32. The van der Waals surface area contributed by atoms with Gasteiger partial charge in [0.2, 0.25) is 5.91 Å². The van der Waals surface area contributed by atoms with Crippen LogP contribution in [0, 0.1) is 10.1 Å². The Hall–Kier alpha value is -2.11. The molecule has 1 amide bonds. The van der Waals surface area contributed by atoms with Gasteiger partial charge in [0.25, 0.3) is 5.69 Å². The molecule has 0 aromatic heterocycles. The number of anilines is 1. The van der Waals surface area contributed by atoms with Crippen LogP contribution in [0.3, 0.4) is 0 Å². The molecule has 0 unspecified atom stereocenters. The minimum absolute atomic E-state index is 0.0832. The number of nitro benzene ring substituents is 1. The summed E-state index contributed by atoms with van der Waals surface area (Å²) >= 11 is 0. The average Bonchev–Trinajstić information content (AvgIpc) is 2.59. The van der Waals surface area contributed by atoms with E-state index >= 15 is 0 Å². The Labute approximate surface area is 137 Å². The highest BCUT2D eigenvalue weighted by Gasteiger charge is 2.21. The Kier molecular flexibility index (Phi) is 6.38. The van der Waals surface area contributed by atoms with E-state index in [0.29, 0.717) is 19.0 Å². The van der Waals surface area contributed by atoms with Gasteiger partial charge in [0.15, 0.2) is 0 Å². The van der Waals surface area contributed by atoms with Crippen LogP contribution in [0.25, 0.3) is 0 Å². The maximum Gasteiger partial charge on any atom is 0.269 e. The van der Waals surface area contributed by atoms with Crippen LogP contribution in [0.2, 0.25) is 0 Å². The lowest BCUT2D eigenvalue weighted by atomic mass is 9.94. The molecule has 0 radical (unpaired) electrons. The predicted molar refractivity (Wildman–Crippen MR) is 90.5 cm³/mol. The zero-order valence-corrected chi connectivity index (χ0v) is 13.7. The molecule has 1 N–H and O–H groups in total. The summed E-state index contributed by atoms with van der Waals surface area (Å²) in [6.07, 6.45) is 7.29. The van der Waals surface area contributed by atoms with Crippen molar-refractivity contribution in [1.82, 2.24) is 4.90 Å². The van der Waals surface area contributed by atoms with E-state index in [1.165, 1.54) is 31.4 Å². The van der Waals surface area contributed by atoms with Crippen molar-refractivity contribution in [2.24, 2.45) is 0 Å². The van der Waals surface area contributed by atoms with Crippen LogP contribution in [0.15, 0.2) is 24.3 Å². The van der Waals surface area contributed by atoms with Crippen molar-refractivity contribution >= 4 is 17.3 Å². The van der Waals surface area contributed by atoms with E-state index in [2.05, 4.69) is 5.32 Å². The van der Waals surface area contributed by atoms with Gasteiger partial charge in [-0.05, 0) is 31.4 Å². The summed E-state index contributed by atoms with van der Waals surface area (Å²) in [5.74, 6) is 0.211. The maximum atomic E-state index is 12.2. The molecule has 0 saturated heterocycles. The van der Waals surface area contributed by atoms with Crippen molar-refractivity contribution in [1.29, 1.82) is 0 Å². The molecule has 1 fully saturated rings. The molecule has 0 bridgehead atoms. The zero-order valence-electron chi connectivity index (χ0n) is 13.7. The molecule has 2 rings (SSSR count). The van der Waals surface area contributed by atoms with Gasteiger partial charge in [-0.25, -0.2) is 0 Å². The minimum atomic E-state index is -0.413. The number of nitrogens with zero attached hydrogens (tertiary/aromatic N) is 2. The third-order valence-corrected chi connectivity index (χ3v) is 4.49. The lowest BCUT2D eigenvalue weighted by Crippen LogP contribution is -2.38. The first-order valence-corrected chi connectivity index (χ1v) is 8.32. The number of nitrogens with one attached hydrogen (secondary N) is 1. The molecule has 1 aromatic carbocycles. The number of benzene rings is 1. The van der Waals surface area contributed by atoms with E-state index in [0.717, 1.165) is 24.9 Å². The molecular formula is C17H25N3O3. The first-order chi connectivity index (χ1) is 11.1. The normalized spacial score (nSPS) is 15.2. The van der Waals surface area contributed by atoms with Crippen LogP contribution in [-0.4, -0.2) is 35.4 Å². The van der Waals surface area contributed by atoms with Gasteiger partial charge >= 0.3 is 0 Å². The number of hydrogen-bond donors (Lipinski definition) is 1. The Bertz CT molecular complexity index is 524. The second-order valence-electron chi connectivity index (χ2n) is 6.13. The Morgan fingerprint density at radius 3 is 2.52 bits per heavy atom. The molecule has 1 saturated carbocycles. The standard InChI is InChI=1S/C17H25N3O3/c1-19(15-6-3-2-4-7-15)17(21)8-5-13-18-14-9-11-16(12-10-14)20(22)23/h9-12,15,18H,2-8,13H2,1H3. The van der Waals surface area contributed by atoms with Gasteiger partial charge < -0.3 is 10.2 Å². The molecular weight excluding hydrogens is 294 g/mol. The van der Waals surface area contributed by atoms with E-state index in [1.54, 1.807) is 12.1 Å². The van der Waals surface area contributed by atoms with Crippen molar-refractivity contribution in [3.63, 3.8) is 0 Å². The summed E-state index contributed by atoms with van der Waals surface area (Å²) < 4.78 is 0. The molecule has 0 atom stereocenters. The second kappa shape index (κ2) is 8.50. The van der Waals surface area contributed by atoms with Crippen molar-refractivity contribution in [2.45, 2.75) is 51.0 Å². The second-order valence-corrected chi connectivity index (χ2v) is 6.13. The number of carbonyl (C=O) groups is 1. The molecule has 0 heterocycles. The fraction of sp³-hybridized carbons (Fsp3) is 0.588. The Balaban J connectivity index is 1.68. The van der Waals surface area contributed by atoms with E-state index in [4.69, 9.17) is 0 Å².